The number of hydrogen-bond acceptors (Lipinski definition) is 7. The molecule has 8 heteroatoms. The fourth-order valence-corrected chi connectivity index (χ4v) is 3.68. The van der Waals surface area contributed by atoms with Gasteiger partial charge in [0.05, 0.1) is 53.3 Å². The van der Waals surface area contributed by atoms with Crippen molar-refractivity contribution in [1.82, 2.24) is 4.90 Å². The molecule has 1 saturated heterocycles. The number of methoxy groups -OCH3 is 4. The number of benzene rings is 2. The Labute approximate surface area is 175 Å². The van der Waals surface area contributed by atoms with Crippen molar-refractivity contribution < 1.29 is 33.6 Å². The Kier molecular flexibility index (Phi) is 7.02. The molecule has 8 nitrogen and oxygen atoms in total. The fourth-order valence-electron chi connectivity index (χ4n) is 3.68. The molecule has 0 aliphatic carbocycles. The SMILES string of the molecule is COc1ccc(C(=O)N2CCO[C@H](CO)[C@H]2c2ccc(OC)c(OC)c2)c(OC)c1. The van der Waals surface area contributed by atoms with Gasteiger partial charge >= 0.3 is 0 Å². The number of ether oxygens (including phenoxy) is 5. The summed E-state index contributed by atoms with van der Waals surface area (Å²) >= 11 is 0. The average Bonchev–Trinajstić information content (AvgIpc) is 2.81. The first-order valence-corrected chi connectivity index (χ1v) is 9.55. The number of morpholine rings is 1. The zero-order chi connectivity index (χ0) is 21.7. The van der Waals surface area contributed by atoms with E-state index in [1.807, 2.05) is 6.07 Å². The van der Waals surface area contributed by atoms with Crippen molar-refractivity contribution in [2.45, 2.75) is 12.1 Å². The van der Waals surface area contributed by atoms with Gasteiger partial charge in [-0.25, -0.2) is 0 Å². The van der Waals surface area contributed by atoms with Crippen LogP contribution in [0.2, 0.25) is 0 Å². The lowest BCUT2D eigenvalue weighted by Crippen LogP contribution is -2.49. The number of aliphatic hydroxyl groups is 1. The molecule has 30 heavy (non-hydrogen) atoms. The Morgan fingerprint density at radius 2 is 1.73 bits per heavy atom. The quantitative estimate of drug-likeness (QED) is 0.740. The van der Waals surface area contributed by atoms with Crippen LogP contribution in [0.1, 0.15) is 22.0 Å². The molecule has 1 aliphatic heterocycles. The number of nitrogens with zero attached hydrogens (tertiary/aromatic N) is 1. The van der Waals surface area contributed by atoms with Crippen LogP contribution >= 0.6 is 0 Å². The highest BCUT2D eigenvalue weighted by Crippen LogP contribution is 2.37. The van der Waals surface area contributed by atoms with Gasteiger partial charge in [0.1, 0.15) is 17.6 Å². The summed E-state index contributed by atoms with van der Waals surface area (Å²) < 4.78 is 27.1. The Morgan fingerprint density at radius 1 is 1.00 bits per heavy atom. The van der Waals surface area contributed by atoms with Crippen molar-refractivity contribution in [3.05, 3.63) is 47.5 Å². The first-order valence-electron chi connectivity index (χ1n) is 9.55. The topological polar surface area (TPSA) is 86.7 Å². The van der Waals surface area contributed by atoms with Gasteiger partial charge in [-0.2, -0.15) is 0 Å². The summed E-state index contributed by atoms with van der Waals surface area (Å²) in [5.41, 5.74) is 1.18. The third-order valence-electron chi connectivity index (χ3n) is 5.18. The smallest absolute Gasteiger partial charge is 0.258 e. The highest BCUT2D eigenvalue weighted by atomic mass is 16.5. The summed E-state index contributed by atoms with van der Waals surface area (Å²) in [5, 5.41) is 9.93. The molecule has 0 spiro atoms. The van der Waals surface area contributed by atoms with Gasteiger partial charge < -0.3 is 33.7 Å². The van der Waals surface area contributed by atoms with E-state index in [1.54, 1.807) is 56.6 Å². The molecule has 0 aromatic heterocycles. The fraction of sp³-hybridized carbons (Fsp3) is 0.409. The van der Waals surface area contributed by atoms with Gasteiger partial charge in [0.2, 0.25) is 0 Å². The number of carbonyl (C=O) groups is 1. The second kappa shape index (κ2) is 9.69. The highest BCUT2D eigenvalue weighted by Gasteiger charge is 2.37. The van der Waals surface area contributed by atoms with E-state index >= 15 is 0 Å². The van der Waals surface area contributed by atoms with Gasteiger partial charge in [-0.3, -0.25) is 4.79 Å². The van der Waals surface area contributed by atoms with Gasteiger partial charge in [0, 0.05) is 12.6 Å². The van der Waals surface area contributed by atoms with Crippen molar-refractivity contribution in [3.8, 4) is 23.0 Å². The maximum atomic E-state index is 13.5. The minimum Gasteiger partial charge on any atom is -0.497 e. The first-order chi connectivity index (χ1) is 14.6. The van der Waals surface area contributed by atoms with Crippen LogP contribution in [0, 0.1) is 0 Å². The third-order valence-corrected chi connectivity index (χ3v) is 5.18. The van der Waals surface area contributed by atoms with Crippen LogP contribution in [-0.4, -0.2) is 70.2 Å². The first kappa shape index (κ1) is 21.7. The number of hydrogen-bond donors (Lipinski definition) is 1. The molecule has 1 N–H and O–H groups in total. The number of amides is 1. The zero-order valence-electron chi connectivity index (χ0n) is 17.6. The third kappa shape index (κ3) is 4.15. The Balaban J connectivity index is 2.03. The number of rotatable bonds is 7. The molecule has 3 rings (SSSR count). The van der Waals surface area contributed by atoms with Crippen molar-refractivity contribution in [2.75, 3.05) is 48.2 Å². The molecule has 162 valence electrons. The second-order valence-corrected chi connectivity index (χ2v) is 6.72. The Bertz CT molecular complexity index is 886. The van der Waals surface area contributed by atoms with Crippen LogP contribution in [0.3, 0.4) is 0 Å². The molecule has 1 heterocycles. The summed E-state index contributed by atoms with van der Waals surface area (Å²) in [4.78, 5) is 15.2. The van der Waals surface area contributed by atoms with Crippen LogP contribution in [0.5, 0.6) is 23.0 Å². The highest BCUT2D eigenvalue weighted by molar-refractivity contribution is 5.97. The largest absolute Gasteiger partial charge is 0.497 e. The lowest BCUT2D eigenvalue weighted by Gasteiger charge is -2.41. The van der Waals surface area contributed by atoms with Gasteiger partial charge in [-0.15, -0.1) is 0 Å². The molecular weight excluding hydrogens is 390 g/mol. The van der Waals surface area contributed by atoms with Gasteiger partial charge in [0.25, 0.3) is 5.91 Å². The summed E-state index contributed by atoms with van der Waals surface area (Å²) in [7, 11) is 6.17. The minimum absolute atomic E-state index is 0.226. The second-order valence-electron chi connectivity index (χ2n) is 6.72. The summed E-state index contributed by atoms with van der Waals surface area (Å²) in [6.45, 7) is 0.450. The predicted octanol–water partition coefficient (Wildman–Crippen LogP) is 2.30. The van der Waals surface area contributed by atoms with E-state index in [0.29, 0.717) is 41.7 Å². The Morgan fingerprint density at radius 3 is 2.37 bits per heavy atom. The van der Waals surface area contributed by atoms with E-state index in [9.17, 15) is 9.90 Å². The van der Waals surface area contributed by atoms with E-state index in [-0.39, 0.29) is 12.5 Å². The van der Waals surface area contributed by atoms with Crippen LogP contribution < -0.4 is 18.9 Å². The average molecular weight is 417 g/mol. The van der Waals surface area contributed by atoms with Gasteiger partial charge in [0.15, 0.2) is 11.5 Å². The van der Waals surface area contributed by atoms with E-state index in [4.69, 9.17) is 23.7 Å². The van der Waals surface area contributed by atoms with Crippen molar-refractivity contribution >= 4 is 5.91 Å². The predicted molar refractivity (Wildman–Crippen MR) is 110 cm³/mol. The maximum absolute atomic E-state index is 13.5. The molecule has 2 aromatic rings. The molecule has 2 aromatic carbocycles. The summed E-state index contributed by atoms with van der Waals surface area (Å²) in [5.74, 6) is 1.89. The Hall–Kier alpha value is -2.97. The lowest BCUT2D eigenvalue weighted by atomic mass is 9.96. The zero-order valence-corrected chi connectivity index (χ0v) is 17.6. The molecule has 0 radical (unpaired) electrons. The van der Waals surface area contributed by atoms with Crippen molar-refractivity contribution in [1.29, 1.82) is 0 Å². The van der Waals surface area contributed by atoms with E-state index in [2.05, 4.69) is 0 Å². The monoisotopic (exact) mass is 417 g/mol. The number of carbonyl (C=O) groups excluding carboxylic acids is 1. The molecule has 0 unspecified atom stereocenters. The van der Waals surface area contributed by atoms with Gasteiger partial charge in [-0.1, -0.05) is 6.07 Å². The molecule has 1 fully saturated rings. The molecule has 1 amide bonds. The minimum atomic E-state index is -0.579. The lowest BCUT2D eigenvalue weighted by molar-refractivity contribution is -0.0812. The normalized spacial score (nSPS) is 18.6. The molecule has 2 atom stereocenters. The van der Waals surface area contributed by atoms with Gasteiger partial charge in [-0.05, 0) is 29.8 Å². The van der Waals surface area contributed by atoms with Crippen LogP contribution in [0.4, 0.5) is 0 Å². The van der Waals surface area contributed by atoms with E-state index < -0.39 is 12.1 Å². The summed E-state index contributed by atoms with van der Waals surface area (Å²) in [6, 6.07) is 9.96. The van der Waals surface area contributed by atoms with E-state index in [0.717, 1.165) is 5.56 Å². The molecule has 0 saturated carbocycles. The standard InChI is InChI=1S/C22H27NO7/c1-26-15-6-7-16(18(12-15)28-3)22(25)23-9-10-30-20(13-24)21(23)14-5-8-17(27-2)19(11-14)29-4/h5-8,11-12,20-21,24H,9-10,13H2,1-4H3/t20-,21-/m1/s1. The molecule has 1 aliphatic rings. The van der Waals surface area contributed by atoms with Crippen LogP contribution in [-0.2, 0) is 4.74 Å². The maximum Gasteiger partial charge on any atom is 0.258 e. The van der Waals surface area contributed by atoms with Crippen LogP contribution in [0.25, 0.3) is 0 Å². The molecular formula is C22H27NO7. The van der Waals surface area contributed by atoms with Crippen LogP contribution in [0.15, 0.2) is 36.4 Å². The van der Waals surface area contributed by atoms with Crippen molar-refractivity contribution in [3.63, 3.8) is 0 Å². The van der Waals surface area contributed by atoms with E-state index in [1.165, 1.54) is 7.11 Å². The summed E-state index contributed by atoms with van der Waals surface area (Å²) in [6.07, 6.45) is -0.579. The van der Waals surface area contributed by atoms with Crippen molar-refractivity contribution in [2.24, 2.45) is 0 Å². The molecule has 0 bridgehead atoms. The number of aliphatic hydroxyl groups excluding tert-OH is 1.